The summed E-state index contributed by atoms with van der Waals surface area (Å²) in [5.74, 6) is -2.28. The number of aliphatic carboxylic acids is 2. The highest BCUT2D eigenvalue weighted by atomic mass is 16.6. The predicted molar refractivity (Wildman–Crippen MR) is 154 cm³/mol. The van der Waals surface area contributed by atoms with E-state index >= 15 is 0 Å². The molecule has 7 N–H and O–H groups in total. The van der Waals surface area contributed by atoms with E-state index in [9.17, 15) is 39.7 Å². The number of nitro groups is 2. The lowest BCUT2D eigenvalue weighted by molar-refractivity contribution is -0.384. The molecule has 2 aromatic carbocycles. The summed E-state index contributed by atoms with van der Waals surface area (Å²) in [6, 6.07) is 6.46. The van der Waals surface area contributed by atoms with Crippen LogP contribution in [0.15, 0.2) is 48.8 Å². The summed E-state index contributed by atoms with van der Waals surface area (Å²) >= 11 is 0. The van der Waals surface area contributed by atoms with Gasteiger partial charge in [-0.15, -0.1) is 0 Å². The third-order valence-electron chi connectivity index (χ3n) is 6.09. The van der Waals surface area contributed by atoms with Gasteiger partial charge in [-0.25, -0.2) is 9.59 Å². The maximum Gasteiger partial charge on any atom is 0.408 e. The summed E-state index contributed by atoms with van der Waals surface area (Å²) in [6.07, 6.45) is 2.55. The number of non-ortho nitro benzene ring substituents is 2. The Morgan fingerprint density at radius 2 is 1.35 bits per heavy atom. The van der Waals surface area contributed by atoms with E-state index in [2.05, 4.69) is 15.3 Å². The Bertz CT molecular complexity index is 1690. The van der Waals surface area contributed by atoms with Crippen LogP contribution in [-0.2, 0) is 27.2 Å². The van der Waals surface area contributed by atoms with Gasteiger partial charge in [0.15, 0.2) is 0 Å². The highest BCUT2D eigenvalue weighted by Gasteiger charge is 2.25. The largest absolute Gasteiger partial charge is 0.480 e. The number of H-pyrrole nitrogens is 2. The van der Waals surface area contributed by atoms with Gasteiger partial charge in [-0.2, -0.15) is 0 Å². The number of nitrogens with one attached hydrogen (secondary N) is 3. The van der Waals surface area contributed by atoms with Gasteiger partial charge in [-0.3, -0.25) is 25.0 Å². The number of hydrogen-bond acceptors (Lipinski definition) is 9. The van der Waals surface area contributed by atoms with Crippen molar-refractivity contribution in [2.45, 2.75) is 51.3 Å². The second-order valence-corrected chi connectivity index (χ2v) is 10.5. The highest BCUT2D eigenvalue weighted by molar-refractivity contribution is 5.87. The molecule has 0 spiro atoms. The molecule has 2 atom stereocenters. The number of nitro benzene ring substituents is 2. The monoisotopic (exact) mass is 598 g/mol. The van der Waals surface area contributed by atoms with Gasteiger partial charge in [0.1, 0.15) is 17.7 Å². The molecule has 0 unspecified atom stereocenters. The summed E-state index contributed by atoms with van der Waals surface area (Å²) in [6.45, 7) is 5.03. The van der Waals surface area contributed by atoms with E-state index in [0.717, 1.165) is 10.9 Å². The van der Waals surface area contributed by atoms with Crippen molar-refractivity contribution in [3.63, 3.8) is 0 Å². The van der Waals surface area contributed by atoms with Gasteiger partial charge in [0.25, 0.3) is 11.4 Å². The molecule has 4 rings (SSSR count). The van der Waals surface area contributed by atoms with E-state index in [1.165, 1.54) is 24.3 Å². The first-order valence-electron chi connectivity index (χ1n) is 12.7. The maximum atomic E-state index is 11.8. The number of nitrogens with two attached hydrogens (primary N) is 1. The number of carboxylic acid groups (broad SMARTS) is 2. The molecule has 2 heterocycles. The van der Waals surface area contributed by atoms with Gasteiger partial charge in [0, 0.05) is 60.3 Å². The Labute approximate surface area is 243 Å². The quantitative estimate of drug-likeness (QED) is 0.120. The van der Waals surface area contributed by atoms with Gasteiger partial charge in [0.2, 0.25) is 0 Å². The Balaban J connectivity index is 0.000000248. The van der Waals surface area contributed by atoms with Gasteiger partial charge in [0.05, 0.1) is 20.9 Å². The van der Waals surface area contributed by atoms with Gasteiger partial charge in [-0.1, -0.05) is 0 Å². The molecule has 1 amide bonds. The van der Waals surface area contributed by atoms with Crippen molar-refractivity contribution in [1.82, 2.24) is 15.3 Å². The Hall–Kier alpha value is -5.51. The van der Waals surface area contributed by atoms with Crippen LogP contribution in [0, 0.1) is 20.2 Å². The van der Waals surface area contributed by atoms with Crippen molar-refractivity contribution in [3.05, 3.63) is 80.1 Å². The first-order valence-corrected chi connectivity index (χ1v) is 12.7. The van der Waals surface area contributed by atoms with E-state index in [0.29, 0.717) is 22.0 Å². The minimum Gasteiger partial charge on any atom is -0.480 e. The number of carboxylic acids is 2. The first kappa shape index (κ1) is 32.0. The third-order valence-corrected chi connectivity index (χ3v) is 6.09. The normalized spacial score (nSPS) is 12.6. The number of amides is 1. The standard InChI is InChI=1S/C16H19N3O6.C11H11N3O4/c1-16(2,3)25-15(22)18-13(14(20)21)6-9-8-17-12-7-10(19(23)24)4-5-11(9)12;12-9(11(15)16)3-6-5-13-10-4-7(14(17)18)1-2-8(6)10/h4-5,7-8,13,17H,6H2,1-3H3,(H,18,22)(H,20,21);1-2,4-5,9,13H,3,12H2,(H,15,16)/t13-;9-/m00/s1. The molecule has 228 valence electrons. The number of carbonyl (C=O) groups excluding carboxylic acids is 1. The van der Waals surface area contributed by atoms with Crippen molar-refractivity contribution >= 4 is 51.2 Å². The van der Waals surface area contributed by atoms with Gasteiger partial charge >= 0.3 is 18.0 Å². The molecule has 0 saturated carbocycles. The first-order chi connectivity index (χ1) is 20.1. The Morgan fingerprint density at radius 3 is 1.74 bits per heavy atom. The number of rotatable bonds is 9. The van der Waals surface area contributed by atoms with Crippen LogP contribution in [0.25, 0.3) is 21.8 Å². The van der Waals surface area contributed by atoms with Crippen LogP contribution in [0.4, 0.5) is 16.2 Å². The van der Waals surface area contributed by atoms with Crippen LogP contribution in [-0.4, -0.2) is 65.7 Å². The molecule has 0 saturated heterocycles. The molecular weight excluding hydrogens is 568 g/mol. The molecule has 0 bridgehead atoms. The van der Waals surface area contributed by atoms with Gasteiger partial charge in [-0.05, 0) is 44.0 Å². The lowest BCUT2D eigenvalue weighted by Crippen LogP contribution is -2.44. The smallest absolute Gasteiger partial charge is 0.408 e. The number of carbonyl (C=O) groups is 3. The second kappa shape index (κ2) is 13.0. The number of hydrogen-bond donors (Lipinski definition) is 6. The molecule has 0 aliphatic rings. The molecule has 4 aromatic rings. The number of aromatic amines is 2. The molecule has 16 nitrogen and oxygen atoms in total. The van der Waals surface area contributed by atoms with Crippen LogP contribution in [0.1, 0.15) is 31.9 Å². The van der Waals surface area contributed by atoms with Crippen molar-refractivity contribution < 1.29 is 39.2 Å². The summed E-state index contributed by atoms with van der Waals surface area (Å²) in [7, 11) is 0. The second-order valence-electron chi connectivity index (χ2n) is 10.5. The number of ether oxygens (including phenoxy) is 1. The zero-order valence-electron chi connectivity index (χ0n) is 23.3. The summed E-state index contributed by atoms with van der Waals surface area (Å²) < 4.78 is 5.07. The minimum atomic E-state index is -1.21. The molecule has 2 aromatic heterocycles. The third kappa shape index (κ3) is 8.49. The van der Waals surface area contributed by atoms with Crippen LogP contribution in [0.2, 0.25) is 0 Å². The summed E-state index contributed by atoms with van der Waals surface area (Å²) in [5.41, 5.74) is 7.09. The van der Waals surface area contributed by atoms with E-state index in [1.54, 1.807) is 45.3 Å². The number of nitrogens with zero attached hydrogens (tertiary/aromatic N) is 2. The summed E-state index contributed by atoms with van der Waals surface area (Å²) in [4.78, 5) is 60.1. The fraction of sp³-hybridized carbons (Fsp3) is 0.296. The van der Waals surface area contributed by atoms with Crippen molar-refractivity contribution in [2.24, 2.45) is 5.73 Å². The number of aromatic nitrogens is 2. The molecule has 0 radical (unpaired) electrons. The van der Waals surface area contributed by atoms with E-state index < -0.39 is 45.6 Å². The topological polar surface area (TPSA) is 257 Å². The van der Waals surface area contributed by atoms with Crippen molar-refractivity contribution in [3.8, 4) is 0 Å². The van der Waals surface area contributed by atoms with E-state index in [4.69, 9.17) is 15.6 Å². The van der Waals surface area contributed by atoms with E-state index in [1.807, 2.05) is 0 Å². The molecule has 0 aliphatic carbocycles. The highest BCUT2D eigenvalue weighted by Crippen LogP contribution is 2.25. The number of fused-ring (bicyclic) bond motifs is 2. The molecule has 43 heavy (non-hydrogen) atoms. The van der Waals surface area contributed by atoms with Crippen LogP contribution in [0.5, 0.6) is 0 Å². The zero-order valence-corrected chi connectivity index (χ0v) is 23.3. The average molecular weight is 599 g/mol. The SMILES string of the molecule is CC(C)(C)OC(=O)N[C@@H](Cc1c[nH]c2cc([N+](=O)[O-])ccc12)C(=O)O.N[C@@H](Cc1c[nH]c2cc([N+](=O)[O-])ccc12)C(=O)O. The molecule has 0 aliphatic heterocycles. The van der Waals surface area contributed by atoms with Crippen molar-refractivity contribution in [1.29, 1.82) is 0 Å². The lowest BCUT2D eigenvalue weighted by atomic mass is 10.0. The predicted octanol–water partition coefficient (Wildman–Crippen LogP) is 3.63. The fourth-order valence-corrected chi connectivity index (χ4v) is 4.11. The minimum absolute atomic E-state index is 0.00634. The van der Waals surface area contributed by atoms with Crippen molar-refractivity contribution in [2.75, 3.05) is 0 Å². The lowest BCUT2D eigenvalue weighted by Gasteiger charge is -2.21. The van der Waals surface area contributed by atoms with Crippen LogP contribution < -0.4 is 11.1 Å². The maximum absolute atomic E-state index is 11.8. The zero-order chi connectivity index (χ0) is 32.1. The van der Waals surface area contributed by atoms with Crippen LogP contribution in [0.3, 0.4) is 0 Å². The van der Waals surface area contributed by atoms with Crippen LogP contribution >= 0.6 is 0 Å². The van der Waals surface area contributed by atoms with Gasteiger partial charge < -0.3 is 36.0 Å². The molecule has 16 heteroatoms. The molecular formula is C27H30N6O10. The Kier molecular flexibility index (Phi) is 9.67. The average Bonchev–Trinajstić information content (AvgIpc) is 3.50. The number of alkyl carbamates (subject to hydrolysis) is 1. The number of benzene rings is 2. The molecule has 0 fully saturated rings. The fourth-order valence-electron chi connectivity index (χ4n) is 4.11. The van der Waals surface area contributed by atoms with E-state index in [-0.39, 0.29) is 24.2 Å². The summed E-state index contributed by atoms with van der Waals surface area (Å²) in [5, 5.41) is 43.2. The Morgan fingerprint density at radius 1 is 0.884 bits per heavy atom.